The van der Waals surface area contributed by atoms with E-state index in [4.69, 9.17) is 11.2 Å². The highest BCUT2D eigenvalue weighted by Gasteiger charge is 2.16. The van der Waals surface area contributed by atoms with E-state index in [1.165, 1.54) is 24.3 Å². The summed E-state index contributed by atoms with van der Waals surface area (Å²) in [6.45, 7) is -0.0110. The van der Waals surface area contributed by atoms with Crippen molar-refractivity contribution in [2.75, 3.05) is 12.8 Å². The van der Waals surface area contributed by atoms with Crippen LogP contribution in [0.5, 0.6) is 0 Å². The van der Waals surface area contributed by atoms with Crippen LogP contribution in [0, 0.1) is 12.3 Å². The Kier molecular flexibility index (Phi) is 6.65. The number of rotatable bonds is 7. The standard InChI is InChI=1S/C18H17NO4S2/c1-3-11-19-25(21,22)17-6-4-5-15(12-17)18(20)23-13-14-7-9-16(24-2)10-8-14/h1,4-10,12,19H,11,13H2,2H3. The summed E-state index contributed by atoms with van der Waals surface area (Å²) in [7, 11) is -3.76. The van der Waals surface area contributed by atoms with Gasteiger partial charge in [0.05, 0.1) is 17.0 Å². The van der Waals surface area contributed by atoms with Gasteiger partial charge < -0.3 is 4.74 Å². The zero-order valence-corrected chi connectivity index (χ0v) is 15.2. The first-order valence-electron chi connectivity index (χ1n) is 7.29. The quantitative estimate of drug-likeness (QED) is 0.458. The Morgan fingerprint density at radius 1 is 1.24 bits per heavy atom. The first kappa shape index (κ1) is 19.1. The molecule has 0 atom stereocenters. The molecular formula is C18H17NO4S2. The van der Waals surface area contributed by atoms with Gasteiger partial charge in [-0.05, 0) is 42.2 Å². The third-order valence-electron chi connectivity index (χ3n) is 3.27. The van der Waals surface area contributed by atoms with Crippen LogP contribution in [0.1, 0.15) is 15.9 Å². The molecule has 7 heteroatoms. The highest BCUT2D eigenvalue weighted by Crippen LogP contribution is 2.16. The van der Waals surface area contributed by atoms with Gasteiger partial charge in [-0.3, -0.25) is 0 Å². The highest BCUT2D eigenvalue weighted by atomic mass is 32.2. The van der Waals surface area contributed by atoms with Crippen molar-refractivity contribution in [3.8, 4) is 12.3 Å². The second kappa shape index (κ2) is 8.72. The van der Waals surface area contributed by atoms with Crippen molar-refractivity contribution in [1.29, 1.82) is 0 Å². The number of sulfonamides is 1. The number of hydrogen-bond acceptors (Lipinski definition) is 5. The summed E-state index contributed by atoms with van der Waals surface area (Å²) >= 11 is 1.63. The minimum absolute atomic E-state index is 0.0403. The Morgan fingerprint density at radius 2 is 1.96 bits per heavy atom. The van der Waals surface area contributed by atoms with Crippen LogP contribution in [0.25, 0.3) is 0 Å². The molecule has 2 aromatic rings. The van der Waals surface area contributed by atoms with E-state index in [1.54, 1.807) is 11.8 Å². The van der Waals surface area contributed by atoms with E-state index in [0.717, 1.165) is 10.5 Å². The van der Waals surface area contributed by atoms with E-state index < -0.39 is 16.0 Å². The van der Waals surface area contributed by atoms with Crippen molar-refractivity contribution >= 4 is 27.8 Å². The SMILES string of the molecule is C#CCNS(=O)(=O)c1cccc(C(=O)OCc2ccc(SC)cc2)c1. The molecule has 0 aliphatic rings. The summed E-state index contributed by atoms with van der Waals surface area (Å²) in [5.74, 6) is 1.60. The lowest BCUT2D eigenvalue weighted by atomic mass is 10.2. The number of terminal acetylenes is 1. The van der Waals surface area contributed by atoms with Gasteiger partial charge in [-0.1, -0.05) is 24.1 Å². The third-order valence-corrected chi connectivity index (χ3v) is 5.42. The number of carbonyl (C=O) groups excluding carboxylic acids is 1. The normalized spacial score (nSPS) is 10.9. The van der Waals surface area contributed by atoms with Crippen molar-refractivity contribution in [2.45, 2.75) is 16.4 Å². The molecular weight excluding hydrogens is 358 g/mol. The molecule has 130 valence electrons. The Hall–Kier alpha value is -2.27. The largest absolute Gasteiger partial charge is 0.457 e. The molecule has 0 saturated carbocycles. The molecule has 0 unspecified atom stereocenters. The van der Waals surface area contributed by atoms with E-state index in [2.05, 4.69) is 10.6 Å². The first-order valence-corrected chi connectivity index (χ1v) is 10.0. The van der Waals surface area contributed by atoms with Gasteiger partial charge in [-0.15, -0.1) is 18.2 Å². The molecule has 0 amide bonds. The van der Waals surface area contributed by atoms with Gasteiger partial charge in [-0.2, -0.15) is 4.72 Å². The molecule has 0 aliphatic carbocycles. The lowest BCUT2D eigenvalue weighted by Crippen LogP contribution is -2.24. The van der Waals surface area contributed by atoms with Crippen LogP contribution in [0.15, 0.2) is 58.3 Å². The number of carbonyl (C=O) groups is 1. The van der Waals surface area contributed by atoms with Gasteiger partial charge >= 0.3 is 5.97 Å². The van der Waals surface area contributed by atoms with Crippen LogP contribution in [-0.2, 0) is 21.4 Å². The van der Waals surface area contributed by atoms with Crippen LogP contribution >= 0.6 is 11.8 Å². The van der Waals surface area contributed by atoms with Crippen molar-refractivity contribution in [1.82, 2.24) is 4.72 Å². The van der Waals surface area contributed by atoms with Gasteiger partial charge in [0.2, 0.25) is 10.0 Å². The molecule has 0 heterocycles. The smallest absolute Gasteiger partial charge is 0.338 e. The minimum atomic E-state index is -3.76. The van der Waals surface area contributed by atoms with Crippen LogP contribution < -0.4 is 4.72 Å². The summed E-state index contributed by atoms with van der Waals surface area (Å²) in [6, 6.07) is 13.3. The van der Waals surface area contributed by atoms with E-state index in [0.29, 0.717) is 0 Å². The molecule has 0 saturated heterocycles. The number of hydrogen-bond donors (Lipinski definition) is 1. The van der Waals surface area contributed by atoms with Crippen LogP contribution in [0.4, 0.5) is 0 Å². The third kappa shape index (κ3) is 5.36. The number of esters is 1. The Labute approximate surface area is 151 Å². The van der Waals surface area contributed by atoms with E-state index in [1.807, 2.05) is 30.5 Å². The molecule has 0 aromatic heterocycles. The molecule has 0 bridgehead atoms. The second-order valence-corrected chi connectivity index (χ2v) is 7.63. The summed E-state index contributed by atoms with van der Waals surface area (Å²) in [4.78, 5) is 13.2. The molecule has 0 spiro atoms. The molecule has 0 fully saturated rings. The number of thioether (sulfide) groups is 1. The van der Waals surface area contributed by atoms with Crippen LogP contribution in [-0.4, -0.2) is 27.2 Å². The number of ether oxygens (including phenoxy) is 1. The molecule has 1 N–H and O–H groups in total. The van der Waals surface area contributed by atoms with E-state index in [9.17, 15) is 13.2 Å². The molecule has 2 aromatic carbocycles. The zero-order valence-electron chi connectivity index (χ0n) is 13.6. The molecule has 5 nitrogen and oxygen atoms in total. The maximum Gasteiger partial charge on any atom is 0.338 e. The molecule has 0 aliphatic heterocycles. The fraction of sp³-hybridized carbons (Fsp3) is 0.167. The Morgan fingerprint density at radius 3 is 2.60 bits per heavy atom. The van der Waals surface area contributed by atoms with Gasteiger partial charge in [-0.25, -0.2) is 13.2 Å². The van der Waals surface area contributed by atoms with Crippen molar-refractivity contribution in [3.05, 3.63) is 59.7 Å². The predicted molar refractivity (Wildman–Crippen MR) is 97.8 cm³/mol. The predicted octanol–water partition coefficient (Wildman–Crippen LogP) is 2.68. The fourth-order valence-electron chi connectivity index (χ4n) is 1.96. The zero-order chi connectivity index (χ0) is 18.3. The molecule has 2 rings (SSSR count). The van der Waals surface area contributed by atoms with Crippen molar-refractivity contribution in [3.63, 3.8) is 0 Å². The summed E-state index contributed by atoms with van der Waals surface area (Å²) in [5, 5.41) is 0. The van der Waals surface area contributed by atoms with Crippen molar-refractivity contribution < 1.29 is 17.9 Å². The average Bonchev–Trinajstić information content (AvgIpc) is 2.65. The van der Waals surface area contributed by atoms with Crippen LogP contribution in [0.3, 0.4) is 0 Å². The maximum absolute atomic E-state index is 12.2. The monoisotopic (exact) mass is 375 g/mol. The highest BCUT2D eigenvalue weighted by molar-refractivity contribution is 7.98. The lowest BCUT2D eigenvalue weighted by Gasteiger charge is -2.08. The Bertz CT molecular complexity index is 884. The summed E-state index contributed by atoms with van der Waals surface area (Å²) in [5.41, 5.74) is 1.01. The lowest BCUT2D eigenvalue weighted by molar-refractivity contribution is 0.0472. The van der Waals surface area contributed by atoms with Gasteiger partial charge in [0.15, 0.2) is 0 Å². The van der Waals surface area contributed by atoms with Gasteiger partial charge in [0, 0.05) is 4.90 Å². The number of nitrogens with one attached hydrogen (secondary N) is 1. The molecule has 25 heavy (non-hydrogen) atoms. The second-order valence-electron chi connectivity index (χ2n) is 4.98. The topological polar surface area (TPSA) is 72.5 Å². The van der Waals surface area contributed by atoms with Crippen LogP contribution in [0.2, 0.25) is 0 Å². The fourth-order valence-corrected chi connectivity index (χ4v) is 3.35. The minimum Gasteiger partial charge on any atom is -0.457 e. The Balaban J connectivity index is 2.06. The van der Waals surface area contributed by atoms with E-state index in [-0.39, 0.29) is 23.6 Å². The van der Waals surface area contributed by atoms with Gasteiger partial charge in [0.1, 0.15) is 6.61 Å². The summed E-state index contributed by atoms with van der Waals surface area (Å²) in [6.07, 6.45) is 7.03. The maximum atomic E-state index is 12.2. The molecule has 0 radical (unpaired) electrons. The average molecular weight is 375 g/mol. The number of benzene rings is 2. The van der Waals surface area contributed by atoms with E-state index >= 15 is 0 Å². The van der Waals surface area contributed by atoms with Crippen molar-refractivity contribution in [2.24, 2.45) is 0 Å². The van der Waals surface area contributed by atoms with Gasteiger partial charge in [0.25, 0.3) is 0 Å². The summed E-state index contributed by atoms with van der Waals surface area (Å²) < 4.78 is 31.6. The first-order chi connectivity index (χ1) is 12.0.